The van der Waals surface area contributed by atoms with Crippen molar-refractivity contribution in [3.8, 4) is 11.5 Å². The second-order valence-corrected chi connectivity index (χ2v) is 10.2. The summed E-state index contributed by atoms with van der Waals surface area (Å²) < 4.78 is 11.1. The maximum Gasteiger partial charge on any atom is 0.228 e. The highest BCUT2D eigenvalue weighted by molar-refractivity contribution is 5.83. The van der Waals surface area contributed by atoms with Crippen LogP contribution in [0.1, 0.15) is 49.7 Å². The van der Waals surface area contributed by atoms with Gasteiger partial charge in [-0.15, -0.1) is 0 Å². The van der Waals surface area contributed by atoms with Crippen molar-refractivity contribution in [3.63, 3.8) is 0 Å². The Morgan fingerprint density at radius 3 is 2.32 bits per heavy atom. The van der Waals surface area contributed by atoms with Crippen molar-refractivity contribution in [2.45, 2.75) is 50.5 Å². The summed E-state index contributed by atoms with van der Waals surface area (Å²) in [4.78, 5) is 15.9. The Bertz CT molecular complexity index is 956. The predicted octanol–water partition coefficient (Wildman–Crippen LogP) is 5.20. The second-order valence-electron chi connectivity index (χ2n) is 10.2. The Kier molecular flexibility index (Phi) is 4.99. The summed E-state index contributed by atoms with van der Waals surface area (Å²) in [5, 5.41) is 0. The van der Waals surface area contributed by atoms with Crippen LogP contribution in [0.4, 0.5) is 0 Å². The maximum absolute atomic E-state index is 14.0. The van der Waals surface area contributed by atoms with Crippen LogP contribution in [0.25, 0.3) is 0 Å². The van der Waals surface area contributed by atoms with Crippen LogP contribution in [0.3, 0.4) is 0 Å². The molecule has 164 valence electrons. The molecule has 4 nitrogen and oxygen atoms in total. The minimum atomic E-state index is -0.221. The fraction of sp³-hybridized carbons (Fsp3) is 0.519. The molecule has 4 heteroatoms. The smallest absolute Gasteiger partial charge is 0.228 e. The highest BCUT2D eigenvalue weighted by Gasteiger charge is 2.61. The molecule has 2 unspecified atom stereocenters. The van der Waals surface area contributed by atoms with Crippen molar-refractivity contribution in [2.75, 3.05) is 21.3 Å². The molecule has 0 aromatic heterocycles. The first-order chi connectivity index (χ1) is 15.0. The van der Waals surface area contributed by atoms with Crippen molar-refractivity contribution < 1.29 is 14.3 Å². The van der Waals surface area contributed by atoms with Crippen LogP contribution < -0.4 is 9.47 Å². The number of rotatable bonds is 6. The fourth-order valence-electron chi connectivity index (χ4n) is 7.45. The molecule has 31 heavy (non-hydrogen) atoms. The molecule has 0 heterocycles. The molecular weight excluding hydrogens is 386 g/mol. The summed E-state index contributed by atoms with van der Waals surface area (Å²) in [6, 6.07) is 16.9. The van der Waals surface area contributed by atoms with Gasteiger partial charge in [0.25, 0.3) is 0 Å². The van der Waals surface area contributed by atoms with Gasteiger partial charge in [0.1, 0.15) is 0 Å². The van der Waals surface area contributed by atoms with Crippen molar-refractivity contribution in [1.29, 1.82) is 0 Å². The predicted molar refractivity (Wildman–Crippen MR) is 121 cm³/mol. The SMILES string of the molecule is COc1cccc(CN(C)C(=O)C23CC4CC(C2)CC(c2ccccc2)(C4)C3)c1OC. The quantitative estimate of drug-likeness (QED) is 0.646. The van der Waals surface area contributed by atoms with Gasteiger partial charge in [-0.3, -0.25) is 4.79 Å². The number of hydrogen-bond acceptors (Lipinski definition) is 3. The van der Waals surface area contributed by atoms with E-state index in [-0.39, 0.29) is 10.8 Å². The van der Waals surface area contributed by atoms with Gasteiger partial charge in [0.05, 0.1) is 19.6 Å². The van der Waals surface area contributed by atoms with Crippen LogP contribution in [-0.4, -0.2) is 32.1 Å². The molecule has 1 amide bonds. The summed E-state index contributed by atoms with van der Waals surface area (Å²) in [6.45, 7) is 0.536. The third-order valence-electron chi connectivity index (χ3n) is 8.14. The number of methoxy groups -OCH3 is 2. The molecule has 4 bridgehead atoms. The fourth-order valence-corrected chi connectivity index (χ4v) is 7.45. The Morgan fingerprint density at radius 2 is 1.68 bits per heavy atom. The number of benzene rings is 2. The summed E-state index contributed by atoms with van der Waals surface area (Å²) in [5.74, 6) is 3.08. The van der Waals surface area contributed by atoms with E-state index in [9.17, 15) is 4.79 Å². The molecule has 0 saturated heterocycles. The number of carbonyl (C=O) groups excluding carboxylic acids is 1. The average Bonchev–Trinajstić information content (AvgIpc) is 2.78. The number of hydrogen-bond donors (Lipinski definition) is 0. The van der Waals surface area contributed by atoms with Crippen LogP contribution in [0.2, 0.25) is 0 Å². The van der Waals surface area contributed by atoms with E-state index in [1.165, 1.54) is 24.8 Å². The first-order valence-electron chi connectivity index (χ1n) is 11.5. The maximum atomic E-state index is 14.0. The lowest BCUT2D eigenvalue weighted by Crippen LogP contribution is -2.59. The van der Waals surface area contributed by atoms with Crippen molar-refractivity contribution in [3.05, 3.63) is 59.7 Å². The van der Waals surface area contributed by atoms with E-state index in [1.54, 1.807) is 14.2 Å². The van der Waals surface area contributed by atoms with Gasteiger partial charge in [-0.1, -0.05) is 42.5 Å². The molecule has 4 aliphatic carbocycles. The van der Waals surface area contributed by atoms with Crippen LogP contribution in [0, 0.1) is 17.3 Å². The minimum absolute atomic E-state index is 0.176. The number of carbonyl (C=O) groups is 1. The monoisotopic (exact) mass is 419 g/mol. The third kappa shape index (κ3) is 3.31. The van der Waals surface area contributed by atoms with Crippen molar-refractivity contribution in [2.24, 2.45) is 17.3 Å². The summed E-state index contributed by atoms with van der Waals surface area (Å²) >= 11 is 0. The van der Waals surface area contributed by atoms with E-state index >= 15 is 0 Å². The van der Waals surface area contributed by atoms with Crippen molar-refractivity contribution in [1.82, 2.24) is 4.90 Å². The highest BCUT2D eigenvalue weighted by atomic mass is 16.5. The van der Waals surface area contributed by atoms with E-state index in [4.69, 9.17) is 9.47 Å². The average molecular weight is 420 g/mol. The van der Waals surface area contributed by atoms with Gasteiger partial charge in [0.2, 0.25) is 5.91 Å². The zero-order chi connectivity index (χ0) is 21.6. The molecule has 0 N–H and O–H groups in total. The highest BCUT2D eigenvalue weighted by Crippen LogP contribution is 2.66. The standard InChI is InChI=1S/C27H33NO3/c1-28(17-21-8-7-11-23(30-2)24(21)31-3)25(29)27-15-19-12-20(16-27)14-26(13-19,18-27)22-9-5-4-6-10-22/h4-11,19-20H,12-18H2,1-3H3. The van der Waals surface area contributed by atoms with Gasteiger partial charge in [0.15, 0.2) is 11.5 Å². The first kappa shape index (κ1) is 20.4. The van der Waals surface area contributed by atoms with E-state index in [2.05, 4.69) is 30.3 Å². The molecule has 0 radical (unpaired) electrons. The molecule has 0 spiro atoms. The van der Waals surface area contributed by atoms with E-state index < -0.39 is 0 Å². The third-order valence-corrected chi connectivity index (χ3v) is 8.14. The van der Waals surface area contributed by atoms with Crippen LogP contribution in [0.15, 0.2) is 48.5 Å². The minimum Gasteiger partial charge on any atom is -0.493 e. The summed E-state index contributed by atoms with van der Waals surface area (Å²) in [6.07, 6.45) is 6.89. The van der Waals surface area contributed by atoms with Gasteiger partial charge in [-0.05, 0) is 67.4 Å². The lowest BCUT2D eigenvalue weighted by atomic mass is 9.42. The number of ether oxygens (including phenoxy) is 2. The Hall–Kier alpha value is -2.49. The Balaban J connectivity index is 1.43. The lowest BCUT2D eigenvalue weighted by Gasteiger charge is -2.62. The summed E-state index contributed by atoms with van der Waals surface area (Å²) in [7, 11) is 5.26. The van der Waals surface area contributed by atoms with Crippen LogP contribution in [0.5, 0.6) is 11.5 Å². The van der Waals surface area contributed by atoms with E-state index in [0.29, 0.717) is 30.0 Å². The first-order valence-corrected chi connectivity index (χ1v) is 11.5. The largest absolute Gasteiger partial charge is 0.493 e. The van der Waals surface area contributed by atoms with Crippen molar-refractivity contribution >= 4 is 5.91 Å². The van der Waals surface area contributed by atoms with Crippen LogP contribution in [-0.2, 0) is 16.8 Å². The van der Waals surface area contributed by atoms with Gasteiger partial charge in [0, 0.05) is 19.2 Å². The number of amides is 1. The van der Waals surface area contributed by atoms with Gasteiger partial charge in [-0.25, -0.2) is 0 Å². The molecule has 4 aliphatic rings. The second kappa shape index (κ2) is 7.58. The topological polar surface area (TPSA) is 38.8 Å². The normalized spacial score (nSPS) is 30.8. The molecule has 4 fully saturated rings. The number of para-hydroxylation sites is 1. The molecule has 6 rings (SSSR count). The molecule has 0 aliphatic heterocycles. The van der Waals surface area contributed by atoms with E-state index in [0.717, 1.165) is 30.6 Å². The molecular formula is C27H33NO3. The Morgan fingerprint density at radius 1 is 0.968 bits per heavy atom. The molecule has 2 aromatic rings. The zero-order valence-electron chi connectivity index (χ0n) is 18.9. The lowest BCUT2D eigenvalue weighted by molar-refractivity contribution is -0.159. The number of nitrogens with zero attached hydrogens (tertiary/aromatic N) is 1. The Labute approximate surface area is 185 Å². The molecule has 2 atom stereocenters. The zero-order valence-corrected chi connectivity index (χ0v) is 18.9. The van der Waals surface area contributed by atoms with Gasteiger partial charge >= 0.3 is 0 Å². The summed E-state index contributed by atoms with van der Waals surface area (Å²) in [5.41, 5.74) is 2.38. The molecule has 2 aromatic carbocycles. The molecule has 4 saturated carbocycles. The van der Waals surface area contributed by atoms with Gasteiger partial charge < -0.3 is 14.4 Å². The van der Waals surface area contributed by atoms with Crippen LogP contribution >= 0.6 is 0 Å². The van der Waals surface area contributed by atoms with Gasteiger partial charge in [-0.2, -0.15) is 0 Å². The van der Waals surface area contributed by atoms with E-state index in [1.807, 2.05) is 30.1 Å².